The number of likely N-dealkylation sites (tertiary alicyclic amines) is 1. The van der Waals surface area contributed by atoms with Crippen molar-refractivity contribution in [2.45, 2.75) is 57.5 Å². The van der Waals surface area contributed by atoms with Crippen LogP contribution >= 0.6 is 0 Å². The van der Waals surface area contributed by atoms with E-state index in [0.717, 1.165) is 43.3 Å². The van der Waals surface area contributed by atoms with Crippen LogP contribution in [0, 0.1) is 5.92 Å². The molecule has 24 heavy (non-hydrogen) atoms. The van der Waals surface area contributed by atoms with Crippen LogP contribution < -0.4 is 10.1 Å². The van der Waals surface area contributed by atoms with E-state index < -0.39 is 0 Å². The van der Waals surface area contributed by atoms with Gasteiger partial charge in [0.2, 0.25) is 5.91 Å². The fourth-order valence-electron chi connectivity index (χ4n) is 4.05. The quantitative estimate of drug-likeness (QED) is 0.900. The smallest absolute Gasteiger partial charge is 0.223 e. The van der Waals surface area contributed by atoms with E-state index >= 15 is 0 Å². The van der Waals surface area contributed by atoms with E-state index in [1.807, 2.05) is 24.3 Å². The minimum Gasteiger partial charge on any atom is -0.497 e. The molecule has 1 saturated carbocycles. The number of rotatable bonds is 5. The molecule has 1 aromatic carbocycles. The zero-order valence-corrected chi connectivity index (χ0v) is 14.8. The Morgan fingerprint density at radius 3 is 2.38 bits per heavy atom. The number of nitrogens with one attached hydrogen (secondary N) is 1. The molecule has 1 aromatic rings. The molecule has 1 aliphatic carbocycles. The number of methoxy groups -OCH3 is 1. The number of hydrogen-bond donors (Lipinski definition) is 1. The average molecular weight is 330 g/mol. The highest BCUT2D eigenvalue weighted by atomic mass is 16.5. The maximum absolute atomic E-state index is 12.4. The number of nitrogens with zero attached hydrogens (tertiary/aromatic N) is 1. The Kier molecular flexibility index (Phi) is 6.13. The lowest BCUT2D eigenvalue weighted by molar-refractivity contribution is -0.126. The number of carbonyl (C=O) groups excluding carboxylic acids is 1. The van der Waals surface area contributed by atoms with Crippen LogP contribution in [-0.2, 0) is 11.3 Å². The molecule has 4 nitrogen and oxygen atoms in total. The molecule has 0 spiro atoms. The molecular weight excluding hydrogens is 300 g/mol. The minimum atomic E-state index is 0.183. The van der Waals surface area contributed by atoms with Gasteiger partial charge in [-0.1, -0.05) is 31.4 Å². The highest BCUT2D eigenvalue weighted by molar-refractivity contribution is 5.78. The van der Waals surface area contributed by atoms with Crippen LogP contribution in [0.25, 0.3) is 0 Å². The molecule has 132 valence electrons. The first-order chi connectivity index (χ1) is 11.8. The minimum absolute atomic E-state index is 0.183. The van der Waals surface area contributed by atoms with Gasteiger partial charge in [-0.2, -0.15) is 0 Å². The van der Waals surface area contributed by atoms with Crippen molar-refractivity contribution in [1.82, 2.24) is 10.2 Å². The highest BCUT2D eigenvalue weighted by Crippen LogP contribution is 2.27. The van der Waals surface area contributed by atoms with Crippen LogP contribution in [0.3, 0.4) is 0 Å². The van der Waals surface area contributed by atoms with Gasteiger partial charge in [-0.15, -0.1) is 0 Å². The van der Waals surface area contributed by atoms with Crippen molar-refractivity contribution >= 4 is 5.91 Å². The van der Waals surface area contributed by atoms with E-state index in [9.17, 15) is 4.79 Å². The average Bonchev–Trinajstić information content (AvgIpc) is 2.67. The van der Waals surface area contributed by atoms with Gasteiger partial charge in [-0.05, 0) is 56.5 Å². The van der Waals surface area contributed by atoms with Crippen molar-refractivity contribution < 1.29 is 9.53 Å². The Bertz CT molecular complexity index is 515. The second-order valence-electron chi connectivity index (χ2n) is 7.17. The molecule has 0 radical (unpaired) electrons. The first-order valence-corrected chi connectivity index (χ1v) is 9.41. The van der Waals surface area contributed by atoms with E-state index in [0.29, 0.717) is 6.54 Å². The first-order valence-electron chi connectivity index (χ1n) is 9.41. The van der Waals surface area contributed by atoms with Crippen molar-refractivity contribution in [2.75, 3.05) is 20.2 Å². The molecule has 1 amide bonds. The third-order valence-electron chi connectivity index (χ3n) is 5.62. The highest BCUT2D eigenvalue weighted by Gasteiger charge is 2.29. The molecule has 1 saturated heterocycles. The van der Waals surface area contributed by atoms with Crippen LogP contribution in [-0.4, -0.2) is 37.0 Å². The topological polar surface area (TPSA) is 41.6 Å². The molecule has 0 bridgehead atoms. The number of benzene rings is 1. The SMILES string of the molecule is COc1ccc(CNC(=O)C2CCN(C3CCCCC3)CC2)cc1. The monoisotopic (exact) mass is 330 g/mol. The number of carbonyl (C=O) groups is 1. The zero-order chi connectivity index (χ0) is 16.8. The van der Waals surface area contributed by atoms with Gasteiger partial charge in [0.15, 0.2) is 0 Å². The summed E-state index contributed by atoms with van der Waals surface area (Å²) in [5.74, 6) is 1.25. The summed E-state index contributed by atoms with van der Waals surface area (Å²) in [6, 6.07) is 8.66. The van der Waals surface area contributed by atoms with Gasteiger partial charge >= 0.3 is 0 Å². The summed E-state index contributed by atoms with van der Waals surface area (Å²) in [7, 11) is 1.66. The van der Waals surface area contributed by atoms with Gasteiger partial charge in [-0.25, -0.2) is 0 Å². The van der Waals surface area contributed by atoms with E-state index in [4.69, 9.17) is 4.74 Å². The van der Waals surface area contributed by atoms with Gasteiger partial charge in [0.1, 0.15) is 5.75 Å². The van der Waals surface area contributed by atoms with Crippen molar-refractivity contribution in [3.05, 3.63) is 29.8 Å². The lowest BCUT2D eigenvalue weighted by Gasteiger charge is -2.38. The number of piperidine rings is 1. The van der Waals surface area contributed by atoms with Crippen molar-refractivity contribution in [2.24, 2.45) is 5.92 Å². The molecule has 0 atom stereocenters. The van der Waals surface area contributed by atoms with E-state index in [1.165, 1.54) is 32.1 Å². The van der Waals surface area contributed by atoms with Gasteiger partial charge < -0.3 is 15.0 Å². The predicted molar refractivity (Wildman–Crippen MR) is 96.0 cm³/mol. The fraction of sp³-hybridized carbons (Fsp3) is 0.650. The molecule has 1 N–H and O–H groups in total. The second kappa shape index (κ2) is 8.52. The van der Waals surface area contributed by atoms with Gasteiger partial charge in [0.25, 0.3) is 0 Å². The largest absolute Gasteiger partial charge is 0.497 e. The van der Waals surface area contributed by atoms with E-state index in [-0.39, 0.29) is 11.8 Å². The summed E-state index contributed by atoms with van der Waals surface area (Å²) in [5, 5.41) is 3.10. The Morgan fingerprint density at radius 1 is 1.08 bits per heavy atom. The molecular formula is C20H30N2O2. The standard InChI is InChI=1S/C20H30N2O2/c1-24-19-9-7-16(8-10-19)15-21-20(23)17-11-13-22(14-12-17)18-5-3-2-4-6-18/h7-10,17-18H,2-6,11-15H2,1H3,(H,21,23). The normalized spacial score (nSPS) is 20.7. The summed E-state index contributed by atoms with van der Waals surface area (Å²) >= 11 is 0. The predicted octanol–water partition coefficient (Wildman–Crippen LogP) is 3.36. The Hall–Kier alpha value is -1.55. The first kappa shape index (κ1) is 17.3. The summed E-state index contributed by atoms with van der Waals surface area (Å²) in [4.78, 5) is 15.1. The maximum atomic E-state index is 12.4. The summed E-state index contributed by atoms with van der Waals surface area (Å²) in [6.07, 6.45) is 8.89. The lowest BCUT2D eigenvalue weighted by atomic mass is 9.90. The Morgan fingerprint density at radius 2 is 1.75 bits per heavy atom. The maximum Gasteiger partial charge on any atom is 0.223 e. The Labute approximate surface area is 145 Å². The Balaban J connectivity index is 1.41. The molecule has 1 heterocycles. The van der Waals surface area contributed by atoms with E-state index in [1.54, 1.807) is 7.11 Å². The van der Waals surface area contributed by atoms with Crippen molar-refractivity contribution in [3.8, 4) is 5.75 Å². The van der Waals surface area contributed by atoms with Crippen LogP contribution in [0.4, 0.5) is 0 Å². The van der Waals surface area contributed by atoms with Crippen molar-refractivity contribution in [1.29, 1.82) is 0 Å². The summed E-state index contributed by atoms with van der Waals surface area (Å²) in [6.45, 7) is 2.78. The molecule has 4 heteroatoms. The van der Waals surface area contributed by atoms with Crippen LogP contribution in [0.2, 0.25) is 0 Å². The zero-order valence-electron chi connectivity index (χ0n) is 14.8. The van der Waals surface area contributed by atoms with Gasteiger partial charge in [0.05, 0.1) is 7.11 Å². The lowest BCUT2D eigenvalue weighted by Crippen LogP contribution is -2.45. The molecule has 2 fully saturated rings. The number of hydrogen-bond acceptors (Lipinski definition) is 3. The van der Waals surface area contributed by atoms with E-state index in [2.05, 4.69) is 10.2 Å². The van der Waals surface area contributed by atoms with Gasteiger partial charge in [-0.3, -0.25) is 4.79 Å². The number of ether oxygens (including phenoxy) is 1. The van der Waals surface area contributed by atoms with Crippen molar-refractivity contribution in [3.63, 3.8) is 0 Å². The third-order valence-corrected chi connectivity index (χ3v) is 5.62. The van der Waals surface area contributed by atoms with Crippen LogP contribution in [0.5, 0.6) is 5.75 Å². The molecule has 2 aliphatic rings. The van der Waals surface area contributed by atoms with Crippen LogP contribution in [0.15, 0.2) is 24.3 Å². The van der Waals surface area contributed by atoms with Crippen LogP contribution in [0.1, 0.15) is 50.5 Å². The van der Waals surface area contributed by atoms with Gasteiger partial charge in [0, 0.05) is 18.5 Å². The molecule has 0 unspecified atom stereocenters. The third kappa shape index (κ3) is 4.50. The second-order valence-corrected chi connectivity index (χ2v) is 7.17. The molecule has 1 aliphatic heterocycles. The number of amides is 1. The molecule has 3 rings (SSSR count). The summed E-state index contributed by atoms with van der Waals surface area (Å²) < 4.78 is 5.16. The fourth-order valence-corrected chi connectivity index (χ4v) is 4.05. The molecule has 0 aromatic heterocycles. The summed E-state index contributed by atoms with van der Waals surface area (Å²) in [5.41, 5.74) is 1.11.